The molecule has 4 rings (SSSR count). The molecule has 0 saturated heterocycles. The predicted octanol–water partition coefficient (Wildman–Crippen LogP) is 5.79. The van der Waals surface area contributed by atoms with Crippen LogP contribution in [-0.4, -0.2) is 22.8 Å². The van der Waals surface area contributed by atoms with Crippen LogP contribution in [0.25, 0.3) is 10.9 Å². The number of benzene rings is 2. The number of aromatic amines is 1. The first-order valence-corrected chi connectivity index (χ1v) is 10.5. The molecule has 1 aliphatic carbocycles. The van der Waals surface area contributed by atoms with E-state index < -0.39 is 0 Å². The van der Waals surface area contributed by atoms with Crippen LogP contribution in [0, 0.1) is 0 Å². The maximum Gasteiger partial charge on any atom is 0.273 e. The van der Waals surface area contributed by atoms with Gasteiger partial charge in [0.15, 0.2) is 0 Å². The van der Waals surface area contributed by atoms with Crippen LogP contribution in [0.1, 0.15) is 53.0 Å². The molecule has 0 spiro atoms. The molecule has 2 aromatic carbocycles. The van der Waals surface area contributed by atoms with Gasteiger partial charge in [-0.15, -0.1) is 0 Å². The van der Waals surface area contributed by atoms with Gasteiger partial charge in [0.05, 0.1) is 15.6 Å². The normalized spacial score (nSPS) is 14.7. The zero-order valence-electron chi connectivity index (χ0n) is 15.7. The van der Waals surface area contributed by atoms with Crippen molar-refractivity contribution in [3.8, 4) is 0 Å². The van der Waals surface area contributed by atoms with Gasteiger partial charge in [-0.2, -0.15) is 0 Å². The number of nitrogens with one attached hydrogen (secondary N) is 3. The summed E-state index contributed by atoms with van der Waals surface area (Å²) >= 11 is 12.6. The van der Waals surface area contributed by atoms with Gasteiger partial charge in [0, 0.05) is 22.6 Å². The van der Waals surface area contributed by atoms with Crippen molar-refractivity contribution in [2.45, 2.75) is 38.1 Å². The van der Waals surface area contributed by atoms with E-state index in [1.807, 2.05) is 24.3 Å². The Bertz CT molecular complexity index is 1070. The van der Waals surface area contributed by atoms with E-state index in [0.717, 1.165) is 36.6 Å². The topological polar surface area (TPSA) is 74.0 Å². The van der Waals surface area contributed by atoms with Crippen molar-refractivity contribution in [2.24, 2.45) is 0 Å². The molecule has 0 unspecified atom stereocenters. The molecule has 5 nitrogen and oxygen atoms in total. The van der Waals surface area contributed by atoms with Crippen LogP contribution >= 0.6 is 23.2 Å². The number of halogens is 2. The maximum absolute atomic E-state index is 12.7. The molecule has 7 heteroatoms. The lowest BCUT2D eigenvalue weighted by Gasteiger charge is -2.23. The highest BCUT2D eigenvalue weighted by Gasteiger charge is 2.20. The van der Waals surface area contributed by atoms with Crippen LogP contribution in [-0.2, 0) is 0 Å². The van der Waals surface area contributed by atoms with E-state index in [-0.39, 0.29) is 23.6 Å². The molecule has 29 heavy (non-hydrogen) atoms. The van der Waals surface area contributed by atoms with Gasteiger partial charge in [-0.05, 0) is 37.1 Å². The number of hydrogen-bond donors (Lipinski definition) is 3. The Morgan fingerprint density at radius 3 is 2.48 bits per heavy atom. The summed E-state index contributed by atoms with van der Waals surface area (Å²) in [4.78, 5) is 28.4. The number of hydrogen-bond acceptors (Lipinski definition) is 2. The largest absolute Gasteiger partial charge is 0.349 e. The number of fused-ring (bicyclic) bond motifs is 1. The molecule has 0 radical (unpaired) electrons. The van der Waals surface area contributed by atoms with Crippen molar-refractivity contribution in [3.05, 3.63) is 63.8 Å². The zero-order chi connectivity index (χ0) is 20.4. The molecule has 3 N–H and O–H groups in total. The van der Waals surface area contributed by atoms with Gasteiger partial charge in [-0.1, -0.05) is 60.7 Å². The van der Waals surface area contributed by atoms with Crippen molar-refractivity contribution in [1.29, 1.82) is 0 Å². The lowest BCUT2D eigenvalue weighted by molar-refractivity contribution is 0.0926. The fraction of sp³-hybridized carbons (Fsp3) is 0.273. The van der Waals surface area contributed by atoms with E-state index in [2.05, 4.69) is 15.6 Å². The van der Waals surface area contributed by atoms with Gasteiger partial charge in [-0.3, -0.25) is 9.59 Å². The molecule has 150 valence electrons. The molecule has 0 aliphatic heterocycles. The lowest BCUT2D eigenvalue weighted by atomic mass is 9.95. The van der Waals surface area contributed by atoms with E-state index in [1.165, 1.54) is 6.42 Å². The van der Waals surface area contributed by atoms with E-state index >= 15 is 0 Å². The third kappa shape index (κ3) is 4.26. The standard InChI is InChI=1S/C22H21Cl2N3O2/c23-17-11-10-14(12-16(17)21(28)25-13-6-2-1-3-7-13)26-22(29)20-19(24)15-8-4-5-9-18(15)27-20/h4-5,8-13,27H,1-3,6-7H2,(H,25,28)(H,26,29). The highest BCUT2D eigenvalue weighted by atomic mass is 35.5. The van der Waals surface area contributed by atoms with Gasteiger partial charge in [0.1, 0.15) is 5.69 Å². The van der Waals surface area contributed by atoms with Crippen molar-refractivity contribution in [2.75, 3.05) is 5.32 Å². The molecule has 1 saturated carbocycles. The molecule has 0 atom stereocenters. The fourth-order valence-electron chi connectivity index (χ4n) is 3.74. The summed E-state index contributed by atoms with van der Waals surface area (Å²) in [5, 5.41) is 7.34. The van der Waals surface area contributed by atoms with Gasteiger partial charge < -0.3 is 15.6 Å². The summed E-state index contributed by atoms with van der Waals surface area (Å²) in [5.74, 6) is -0.603. The van der Waals surface area contributed by atoms with E-state index in [0.29, 0.717) is 21.3 Å². The first-order valence-electron chi connectivity index (χ1n) is 9.71. The van der Waals surface area contributed by atoms with Crippen molar-refractivity contribution < 1.29 is 9.59 Å². The Morgan fingerprint density at radius 1 is 0.966 bits per heavy atom. The third-order valence-corrected chi connectivity index (χ3v) is 6.00. The highest BCUT2D eigenvalue weighted by Crippen LogP contribution is 2.28. The van der Waals surface area contributed by atoms with Crippen molar-refractivity contribution in [1.82, 2.24) is 10.3 Å². The molecular weight excluding hydrogens is 409 g/mol. The Kier molecular flexibility index (Phi) is 5.79. The second kappa shape index (κ2) is 8.47. The molecule has 1 fully saturated rings. The molecular formula is C22H21Cl2N3O2. The number of rotatable bonds is 4. The zero-order valence-corrected chi connectivity index (χ0v) is 17.2. The van der Waals surface area contributed by atoms with E-state index in [1.54, 1.807) is 18.2 Å². The van der Waals surface area contributed by atoms with Crippen LogP contribution in [0.2, 0.25) is 10.0 Å². The first-order chi connectivity index (χ1) is 14.0. The minimum absolute atomic E-state index is 0.177. The van der Waals surface area contributed by atoms with Crippen LogP contribution in [0.4, 0.5) is 5.69 Å². The van der Waals surface area contributed by atoms with E-state index in [4.69, 9.17) is 23.2 Å². The molecule has 3 aromatic rings. The second-order valence-corrected chi connectivity index (χ2v) is 8.10. The van der Waals surface area contributed by atoms with Gasteiger partial charge in [-0.25, -0.2) is 0 Å². The van der Waals surface area contributed by atoms with Crippen LogP contribution in [0.5, 0.6) is 0 Å². The van der Waals surface area contributed by atoms with Crippen molar-refractivity contribution >= 4 is 51.6 Å². The lowest BCUT2D eigenvalue weighted by Crippen LogP contribution is -2.36. The Hall–Kier alpha value is -2.50. The van der Waals surface area contributed by atoms with Crippen LogP contribution < -0.4 is 10.6 Å². The summed E-state index contributed by atoms with van der Waals surface area (Å²) in [6.07, 6.45) is 5.43. The second-order valence-electron chi connectivity index (χ2n) is 7.32. The Labute approximate surface area is 178 Å². The third-order valence-electron chi connectivity index (χ3n) is 5.28. The SMILES string of the molecule is O=C(NC1CCCCC1)c1cc(NC(=O)c2[nH]c3ccccc3c2Cl)ccc1Cl. The van der Waals surface area contributed by atoms with E-state index in [9.17, 15) is 9.59 Å². The average molecular weight is 430 g/mol. The Balaban J connectivity index is 1.52. The van der Waals surface area contributed by atoms with Gasteiger partial charge in [0.25, 0.3) is 11.8 Å². The fourth-order valence-corrected chi connectivity index (χ4v) is 4.25. The highest BCUT2D eigenvalue weighted by molar-refractivity contribution is 6.39. The molecule has 2 amide bonds. The predicted molar refractivity (Wildman–Crippen MR) is 117 cm³/mol. The average Bonchev–Trinajstić information content (AvgIpc) is 3.07. The monoisotopic (exact) mass is 429 g/mol. The number of aromatic nitrogens is 1. The van der Waals surface area contributed by atoms with Crippen LogP contribution in [0.3, 0.4) is 0 Å². The number of anilines is 1. The maximum atomic E-state index is 12.7. The summed E-state index contributed by atoms with van der Waals surface area (Å²) in [6, 6.07) is 12.5. The minimum atomic E-state index is -0.382. The Morgan fingerprint density at radius 2 is 1.72 bits per heavy atom. The first kappa shape index (κ1) is 19.8. The number of H-pyrrole nitrogens is 1. The summed E-state index contributed by atoms with van der Waals surface area (Å²) in [6.45, 7) is 0. The van der Waals surface area contributed by atoms with Crippen molar-refractivity contribution in [3.63, 3.8) is 0 Å². The summed E-state index contributed by atoms with van der Waals surface area (Å²) in [5.41, 5.74) is 1.88. The summed E-state index contributed by atoms with van der Waals surface area (Å²) < 4.78 is 0. The molecule has 1 aliphatic rings. The molecule has 1 heterocycles. The number of para-hydroxylation sites is 1. The minimum Gasteiger partial charge on any atom is -0.349 e. The van der Waals surface area contributed by atoms with Gasteiger partial charge in [0.2, 0.25) is 0 Å². The smallest absolute Gasteiger partial charge is 0.273 e. The van der Waals surface area contributed by atoms with Crippen LogP contribution in [0.15, 0.2) is 42.5 Å². The quantitative estimate of drug-likeness (QED) is 0.490. The van der Waals surface area contributed by atoms with Gasteiger partial charge >= 0.3 is 0 Å². The number of amides is 2. The molecule has 1 aromatic heterocycles. The number of carbonyl (C=O) groups excluding carboxylic acids is 2. The molecule has 0 bridgehead atoms. The number of carbonyl (C=O) groups is 2. The summed E-state index contributed by atoms with van der Waals surface area (Å²) in [7, 11) is 0.